The van der Waals surface area contributed by atoms with Crippen LogP contribution in [0.25, 0.3) is 11.1 Å². The Morgan fingerprint density at radius 3 is 1.55 bits per heavy atom. The van der Waals surface area contributed by atoms with Crippen molar-refractivity contribution in [2.24, 2.45) is 0 Å². The average molecular weight is 1040 g/mol. The Kier molecular flexibility index (Phi) is 21.7. The van der Waals surface area contributed by atoms with Crippen LogP contribution in [0.5, 0.6) is 0 Å². The molecule has 2 aliphatic heterocycles. The van der Waals surface area contributed by atoms with Gasteiger partial charge in [0.05, 0.1) is 11.1 Å². The number of rotatable bonds is 10. The lowest BCUT2D eigenvalue weighted by atomic mass is 9.78. The number of hydrogen-bond donors (Lipinski definition) is 4. The van der Waals surface area contributed by atoms with E-state index in [0.717, 1.165) is 79.1 Å². The molecule has 2 aliphatic rings. The van der Waals surface area contributed by atoms with Crippen LogP contribution in [0, 0.1) is 13.8 Å². The molecule has 0 aromatic heterocycles. The van der Waals surface area contributed by atoms with Crippen molar-refractivity contribution in [2.75, 3.05) is 26.2 Å². The summed E-state index contributed by atoms with van der Waals surface area (Å²) in [7, 11) is -1.88. The van der Waals surface area contributed by atoms with Crippen LogP contribution in [0.4, 0.5) is 35.9 Å². The number of nitrogens with one attached hydrogen (secondary N) is 2. The number of hydrogen-bond acceptors (Lipinski definition) is 8. The van der Waals surface area contributed by atoms with Gasteiger partial charge in [0.2, 0.25) is 0 Å². The lowest BCUT2D eigenvalue weighted by Gasteiger charge is -2.28. The van der Waals surface area contributed by atoms with E-state index in [1.54, 1.807) is 17.9 Å². The molecular weight excluding hydrogens is 969 g/mol. The second kappa shape index (κ2) is 25.5. The van der Waals surface area contributed by atoms with E-state index >= 15 is 0 Å². The normalized spacial score (nSPS) is 16.1. The molecule has 2 amide bonds. The number of likely N-dealkylation sites (tertiary alicyclic amines) is 2. The third kappa shape index (κ3) is 20.0. The van der Waals surface area contributed by atoms with Gasteiger partial charge in [0.15, 0.2) is 0 Å². The van der Waals surface area contributed by atoms with E-state index < -0.39 is 41.8 Å². The zero-order valence-electron chi connectivity index (χ0n) is 40.0. The molecule has 0 aliphatic carbocycles. The number of benzene rings is 4. The molecule has 6 rings (SSSR count). The summed E-state index contributed by atoms with van der Waals surface area (Å²) in [6.07, 6.45) is -5.39. The number of carbonyl (C=O) groups excluding carboxylic acids is 2. The Hall–Kier alpha value is -4.62. The summed E-state index contributed by atoms with van der Waals surface area (Å²) in [6, 6.07) is 23.1. The Morgan fingerprint density at radius 2 is 1.10 bits per heavy atom. The Bertz CT molecular complexity index is 2290. The minimum absolute atomic E-state index is 0. The number of amides is 2. The maximum absolute atomic E-state index is 13.2. The van der Waals surface area contributed by atoms with Crippen LogP contribution >= 0.6 is 15.9 Å². The first-order valence-electron chi connectivity index (χ1n) is 22.6. The summed E-state index contributed by atoms with van der Waals surface area (Å²) < 4.78 is 88.4. The molecule has 69 heavy (non-hydrogen) atoms. The summed E-state index contributed by atoms with van der Waals surface area (Å²) in [6.45, 7) is 18.7. The molecule has 10 nitrogen and oxygen atoms in total. The zero-order valence-corrected chi connectivity index (χ0v) is 41.5. The van der Waals surface area contributed by atoms with Crippen molar-refractivity contribution in [1.29, 1.82) is 0 Å². The molecule has 2 heterocycles. The first-order valence-corrected chi connectivity index (χ1v) is 23.4. The second-order valence-electron chi connectivity index (χ2n) is 19.1. The molecule has 4 aromatic carbocycles. The molecule has 18 heteroatoms. The van der Waals surface area contributed by atoms with Gasteiger partial charge in [-0.3, -0.25) is 0 Å². The quantitative estimate of drug-likeness (QED) is 0.0915. The molecule has 2 atom stereocenters. The monoisotopic (exact) mass is 1040 g/mol. The van der Waals surface area contributed by atoms with Gasteiger partial charge >= 0.3 is 31.7 Å². The minimum atomic E-state index is -4.46. The molecule has 0 unspecified atom stereocenters. The van der Waals surface area contributed by atoms with Crippen LogP contribution in [-0.2, 0) is 34.9 Å². The molecule has 2 saturated heterocycles. The van der Waals surface area contributed by atoms with E-state index in [-0.39, 0.29) is 37.2 Å². The highest BCUT2D eigenvalue weighted by atomic mass is 79.9. The second-order valence-corrected chi connectivity index (χ2v) is 20.0. The van der Waals surface area contributed by atoms with Gasteiger partial charge in [-0.25, -0.2) is 9.59 Å². The number of alkyl halides is 6. The summed E-state index contributed by atoms with van der Waals surface area (Å²) >= 11 is 3.48. The van der Waals surface area contributed by atoms with Gasteiger partial charge in [0, 0.05) is 55.8 Å². The lowest BCUT2D eigenvalue weighted by molar-refractivity contribution is -0.138. The van der Waals surface area contributed by atoms with E-state index in [1.807, 2.05) is 82.8 Å². The molecule has 0 radical (unpaired) electrons. The van der Waals surface area contributed by atoms with Crippen molar-refractivity contribution in [3.8, 4) is 11.1 Å². The lowest BCUT2D eigenvalue weighted by Crippen LogP contribution is -2.44. The van der Waals surface area contributed by atoms with Crippen LogP contribution in [0.3, 0.4) is 0 Å². The number of halogens is 7. The third-order valence-corrected chi connectivity index (χ3v) is 11.2. The van der Waals surface area contributed by atoms with Crippen molar-refractivity contribution in [1.82, 2.24) is 20.4 Å². The van der Waals surface area contributed by atoms with Gasteiger partial charge in [-0.15, -0.1) is 0 Å². The van der Waals surface area contributed by atoms with Crippen LogP contribution in [0.1, 0.15) is 108 Å². The van der Waals surface area contributed by atoms with Crippen LogP contribution in [-0.4, -0.2) is 88.6 Å². The largest absolute Gasteiger partial charge is 0.488 e. The van der Waals surface area contributed by atoms with E-state index in [1.165, 1.54) is 24.6 Å². The number of aryl methyl sites for hydroxylation is 2. The molecule has 4 N–H and O–H groups in total. The average Bonchev–Trinajstić information content (AvgIpc) is 3.90. The fraction of sp³-hybridized carbons (Fsp3) is 0.490. The molecule has 0 saturated carbocycles. The summed E-state index contributed by atoms with van der Waals surface area (Å²) in [5, 5.41) is 24.3. The van der Waals surface area contributed by atoms with Crippen molar-refractivity contribution >= 4 is 40.7 Å². The Balaban J connectivity index is 0.000000295. The van der Waals surface area contributed by atoms with Crippen LogP contribution in [0.2, 0.25) is 0 Å². The smallest absolute Gasteiger partial charge is 0.444 e. The van der Waals surface area contributed by atoms with Crippen molar-refractivity contribution in [2.45, 2.75) is 137 Å². The van der Waals surface area contributed by atoms with Crippen LogP contribution in [0.15, 0.2) is 89.4 Å². The fourth-order valence-corrected chi connectivity index (χ4v) is 8.18. The highest BCUT2D eigenvalue weighted by Gasteiger charge is 2.35. The molecule has 4 aromatic rings. The maximum atomic E-state index is 13.2. The first kappa shape index (κ1) is 58.7. The van der Waals surface area contributed by atoms with Crippen LogP contribution < -0.4 is 16.1 Å². The SMILES string of the molecule is C.CC(C)(C)OC(=O)N1CCC[C@H]1CNCc1cccc(Br)c1.Cc1cc(-c2cccc(CNC[C@@H]3CCCN3C(=O)OC(C)(C)C)c2)cc(C(F)(F)F)c1.Cc1cc(B(O)O)cc(C(F)(F)F)c1. The first-order chi connectivity index (χ1) is 31.6. The molecule has 0 bridgehead atoms. The van der Waals surface area contributed by atoms with Gasteiger partial charge in [0.25, 0.3) is 0 Å². The van der Waals surface area contributed by atoms with E-state index in [9.17, 15) is 35.9 Å². The van der Waals surface area contributed by atoms with Crippen molar-refractivity contribution < 1.29 is 55.5 Å². The molecular formula is C51H68BBrF6N4O6. The summed E-state index contributed by atoms with van der Waals surface area (Å²) in [5.41, 5.74) is 1.77. The van der Waals surface area contributed by atoms with E-state index in [4.69, 9.17) is 19.5 Å². The third-order valence-electron chi connectivity index (χ3n) is 10.7. The van der Waals surface area contributed by atoms with Gasteiger partial charge in [-0.1, -0.05) is 77.5 Å². The maximum Gasteiger partial charge on any atom is 0.488 e. The molecule has 2 fully saturated rings. The van der Waals surface area contributed by atoms with Gasteiger partial charge in [-0.2, -0.15) is 26.3 Å². The fourth-order valence-electron chi connectivity index (χ4n) is 7.73. The van der Waals surface area contributed by atoms with Gasteiger partial charge in [-0.05, 0) is 151 Å². The predicted octanol–water partition coefficient (Wildman–Crippen LogP) is 11.4. The number of nitrogens with zero attached hydrogens (tertiary/aromatic N) is 2. The Morgan fingerprint density at radius 1 is 0.652 bits per heavy atom. The standard InChI is InChI=1S/C25H31F3N2O2.C17H25BrN2O2.C8H8BF3O2.CH4/c1-17-11-20(14-21(12-17)25(26,27)28)19-8-5-7-18(13-19)15-29-16-22-9-6-10-30(22)23(31)32-24(2,3)4;1-17(2,3)22-16(21)20-9-5-8-15(20)12-19-11-13-6-4-7-14(18)10-13;1-5-2-6(8(10,11)12)4-7(3-5)9(13)14;/h5,7-8,11-14,22,29H,6,9-10,15-16H2,1-4H3;4,6-7,10,15,19H,5,8-9,11-12H2,1-3H3;2-4,13-14H,1H3;1H4/t22-;15-;;/m00../s1. The Labute approximate surface area is 412 Å². The summed E-state index contributed by atoms with van der Waals surface area (Å²) in [5.74, 6) is 0. The minimum Gasteiger partial charge on any atom is -0.444 e. The number of carbonyl (C=O) groups is 2. The van der Waals surface area contributed by atoms with Gasteiger partial charge in [0.1, 0.15) is 11.2 Å². The summed E-state index contributed by atoms with van der Waals surface area (Å²) in [4.78, 5) is 28.3. The topological polar surface area (TPSA) is 124 Å². The predicted molar refractivity (Wildman–Crippen MR) is 264 cm³/mol. The van der Waals surface area contributed by atoms with E-state index in [0.29, 0.717) is 36.3 Å². The zero-order chi connectivity index (χ0) is 50.6. The van der Waals surface area contributed by atoms with Gasteiger partial charge < -0.3 is 40.0 Å². The highest BCUT2D eigenvalue weighted by molar-refractivity contribution is 9.10. The number of ether oxygens (including phenoxy) is 2. The van der Waals surface area contributed by atoms with Crippen molar-refractivity contribution in [3.05, 3.63) is 123 Å². The molecule has 380 valence electrons. The highest BCUT2D eigenvalue weighted by Crippen LogP contribution is 2.34. The molecule has 0 spiro atoms. The van der Waals surface area contributed by atoms with Crippen molar-refractivity contribution in [3.63, 3.8) is 0 Å². The van der Waals surface area contributed by atoms with E-state index in [2.05, 4.69) is 38.7 Å².